The number of aryl methyl sites for hydroxylation is 1. The Kier molecular flexibility index (Phi) is 5.79. The fourth-order valence-corrected chi connectivity index (χ4v) is 5.05. The number of hydrogen-bond acceptors (Lipinski definition) is 4. The molecule has 1 aromatic carbocycles. The molecule has 1 aliphatic heterocycles. The number of carbonyl (C=O) groups is 1. The second kappa shape index (κ2) is 7.46. The number of aliphatic hydroxyl groups excluding tert-OH is 1. The highest BCUT2D eigenvalue weighted by Gasteiger charge is 2.41. The minimum Gasteiger partial charge on any atom is -0.481 e. The average Bonchev–Trinajstić information content (AvgIpc) is 2.56. The molecule has 1 aromatic rings. The van der Waals surface area contributed by atoms with E-state index in [-0.39, 0.29) is 19.4 Å². The van der Waals surface area contributed by atoms with Gasteiger partial charge in [-0.1, -0.05) is 35.9 Å². The van der Waals surface area contributed by atoms with Crippen LogP contribution in [0, 0.1) is 12.8 Å². The molecule has 1 aliphatic rings. The van der Waals surface area contributed by atoms with Gasteiger partial charge in [0.15, 0.2) is 0 Å². The van der Waals surface area contributed by atoms with Crippen LogP contribution in [0.5, 0.6) is 0 Å². The van der Waals surface area contributed by atoms with Gasteiger partial charge in [-0.05, 0) is 25.3 Å². The lowest BCUT2D eigenvalue weighted by Gasteiger charge is -2.37. The number of rotatable bonds is 6. The maximum atomic E-state index is 13.0. The van der Waals surface area contributed by atoms with E-state index in [0.29, 0.717) is 5.56 Å². The van der Waals surface area contributed by atoms with Crippen LogP contribution >= 0.6 is 0 Å². The summed E-state index contributed by atoms with van der Waals surface area (Å²) in [4.78, 5) is 11.1. The van der Waals surface area contributed by atoms with Crippen molar-refractivity contribution < 1.29 is 23.4 Å². The third-order valence-electron chi connectivity index (χ3n) is 4.49. The van der Waals surface area contributed by atoms with Crippen LogP contribution in [0.1, 0.15) is 29.2 Å². The molecule has 132 valence electrons. The summed E-state index contributed by atoms with van der Waals surface area (Å²) < 4.78 is 27.3. The summed E-state index contributed by atoms with van der Waals surface area (Å²) in [6.45, 7) is 5.25. The Morgan fingerprint density at radius 1 is 1.42 bits per heavy atom. The molecule has 1 saturated heterocycles. The molecule has 24 heavy (non-hydrogen) atoms. The lowest BCUT2D eigenvalue weighted by atomic mass is 9.93. The van der Waals surface area contributed by atoms with Gasteiger partial charge in [0.05, 0.1) is 12.5 Å². The van der Waals surface area contributed by atoms with E-state index in [0.717, 1.165) is 5.56 Å². The predicted molar refractivity (Wildman–Crippen MR) is 91.0 cm³/mol. The fraction of sp³-hybridized carbons (Fsp3) is 0.471. The largest absolute Gasteiger partial charge is 0.481 e. The molecule has 3 unspecified atom stereocenters. The summed E-state index contributed by atoms with van der Waals surface area (Å²) in [5, 5.41) is 17.8. The first kappa shape index (κ1) is 18.6. The van der Waals surface area contributed by atoms with E-state index < -0.39 is 39.8 Å². The van der Waals surface area contributed by atoms with Gasteiger partial charge in [-0.2, -0.15) is 4.31 Å². The highest BCUT2D eigenvalue weighted by molar-refractivity contribution is 7.89. The van der Waals surface area contributed by atoms with E-state index in [4.69, 9.17) is 5.11 Å². The quantitative estimate of drug-likeness (QED) is 0.759. The summed E-state index contributed by atoms with van der Waals surface area (Å²) in [5.41, 5.74) is 1.63. The van der Waals surface area contributed by atoms with Crippen LogP contribution in [0.4, 0.5) is 0 Å². The van der Waals surface area contributed by atoms with Crippen molar-refractivity contribution in [1.82, 2.24) is 4.31 Å². The molecular formula is C17H23NO5S. The number of sulfonamides is 1. The third-order valence-corrected chi connectivity index (χ3v) is 6.73. The number of aliphatic hydroxyl groups is 1. The average molecular weight is 353 g/mol. The van der Waals surface area contributed by atoms with Crippen LogP contribution in [-0.4, -0.2) is 48.1 Å². The van der Waals surface area contributed by atoms with Gasteiger partial charge in [-0.3, -0.25) is 4.79 Å². The van der Waals surface area contributed by atoms with Gasteiger partial charge in [0.25, 0.3) is 0 Å². The molecule has 0 saturated carbocycles. The Bertz CT molecular complexity index is 698. The van der Waals surface area contributed by atoms with E-state index >= 15 is 0 Å². The van der Waals surface area contributed by atoms with Crippen LogP contribution in [-0.2, 0) is 14.8 Å². The van der Waals surface area contributed by atoms with Crippen LogP contribution in [0.25, 0.3) is 0 Å². The second-order valence-corrected chi connectivity index (χ2v) is 8.13. The van der Waals surface area contributed by atoms with Crippen molar-refractivity contribution in [2.75, 3.05) is 13.2 Å². The molecule has 0 amide bonds. The molecule has 0 radical (unpaired) electrons. The first-order valence-corrected chi connectivity index (χ1v) is 9.35. The van der Waals surface area contributed by atoms with Gasteiger partial charge in [-0.15, -0.1) is 6.58 Å². The molecule has 6 nitrogen and oxygen atoms in total. The van der Waals surface area contributed by atoms with Gasteiger partial charge in [0.2, 0.25) is 10.0 Å². The van der Waals surface area contributed by atoms with Crippen molar-refractivity contribution >= 4 is 16.0 Å². The monoisotopic (exact) mass is 353 g/mol. The topological polar surface area (TPSA) is 94.9 Å². The fourth-order valence-electron chi connectivity index (χ4n) is 3.09. The van der Waals surface area contributed by atoms with Gasteiger partial charge >= 0.3 is 5.97 Å². The maximum absolute atomic E-state index is 13.0. The normalized spacial score (nSPS) is 23.6. The Hall–Kier alpha value is -1.70. The van der Waals surface area contributed by atoms with Crippen molar-refractivity contribution in [3.63, 3.8) is 0 Å². The van der Waals surface area contributed by atoms with Crippen LogP contribution in [0.3, 0.4) is 0 Å². The Labute approximate surface area is 142 Å². The summed E-state index contributed by atoms with van der Waals surface area (Å²) in [5.74, 6) is -1.58. The summed E-state index contributed by atoms with van der Waals surface area (Å²) in [6, 6.07) is 6.44. The highest BCUT2D eigenvalue weighted by Crippen LogP contribution is 2.33. The smallest absolute Gasteiger partial charge is 0.306 e. The van der Waals surface area contributed by atoms with Crippen molar-refractivity contribution in [3.8, 4) is 0 Å². The molecule has 2 rings (SSSR count). The number of nitrogens with zero attached hydrogens (tertiary/aromatic N) is 1. The van der Waals surface area contributed by atoms with Crippen molar-refractivity contribution in [3.05, 3.63) is 48.0 Å². The summed E-state index contributed by atoms with van der Waals surface area (Å²) >= 11 is 0. The molecule has 0 spiro atoms. The molecule has 1 fully saturated rings. The highest BCUT2D eigenvalue weighted by atomic mass is 32.2. The summed E-state index contributed by atoms with van der Waals surface area (Å²) in [6.07, 6.45) is 1.73. The minimum atomic E-state index is -3.79. The number of aliphatic carboxylic acids is 1. The van der Waals surface area contributed by atoms with Gasteiger partial charge in [0.1, 0.15) is 5.25 Å². The van der Waals surface area contributed by atoms with Crippen molar-refractivity contribution in [2.45, 2.75) is 31.1 Å². The predicted octanol–water partition coefficient (Wildman–Crippen LogP) is 1.71. The van der Waals surface area contributed by atoms with Gasteiger partial charge in [0, 0.05) is 12.6 Å². The number of piperidine rings is 1. The number of hydrogen-bond donors (Lipinski definition) is 2. The van der Waals surface area contributed by atoms with Crippen LogP contribution < -0.4 is 0 Å². The Morgan fingerprint density at radius 3 is 2.54 bits per heavy atom. The first-order chi connectivity index (χ1) is 11.3. The first-order valence-electron chi connectivity index (χ1n) is 7.84. The lowest BCUT2D eigenvalue weighted by Crippen LogP contribution is -2.50. The van der Waals surface area contributed by atoms with E-state index in [9.17, 15) is 18.3 Å². The van der Waals surface area contributed by atoms with Crippen LogP contribution in [0.15, 0.2) is 36.9 Å². The second-order valence-electron chi connectivity index (χ2n) is 6.12. The lowest BCUT2D eigenvalue weighted by molar-refractivity contribution is -0.143. The van der Waals surface area contributed by atoms with E-state index in [1.165, 1.54) is 10.4 Å². The molecule has 7 heteroatoms. The maximum Gasteiger partial charge on any atom is 0.306 e. The van der Waals surface area contributed by atoms with Crippen LogP contribution in [0.2, 0.25) is 0 Å². The molecular weight excluding hydrogens is 330 g/mol. The third kappa shape index (κ3) is 3.68. The van der Waals surface area contributed by atoms with E-state index in [1.54, 1.807) is 12.1 Å². The number of benzene rings is 1. The molecule has 0 aromatic heterocycles. The van der Waals surface area contributed by atoms with E-state index in [1.807, 2.05) is 19.1 Å². The van der Waals surface area contributed by atoms with Gasteiger partial charge < -0.3 is 10.2 Å². The molecule has 0 bridgehead atoms. The molecule has 2 N–H and O–H groups in total. The Morgan fingerprint density at radius 2 is 2.04 bits per heavy atom. The van der Waals surface area contributed by atoms with E-state index in [2.05, 4.69) is 6.58 Å². The Balaban J connectivity index is 2.31. The summed E-state index contributed by atoms with van der Waals surface area (Å²) in [7, 11) is -3.79. The zero-order chi connectivity index (χ0) is 17.9. The van der Waals surface area contributed by atoms with Crippen molar-refractivity contribution in [1.29, 1.82) is 0 Å². The minimum absolute atomic E-state index is 0.0841. The van der Waals surface area contributed by atoms with Gasteiger partial charge in [-0.25, -0.2) is 8.42 Å². The van der Waals surface area contributed by atoms with Crippen molar-refractivity contribution in [2.24, 2.45) is 5.92 Å². The zero-order valence-corrected chi connectivity index (χ0v) is 14.4. The number of carboxylic acids is 1. The molecule has 1 heterocycles. The number of carboxylic acid groups (broad SMARTS) is 1. The molecule has 3 atom stereocenters. The zero-order valence-electron chi connectivity index (χ0n) is 13.6. The molecule has 0 aliphatic carbocycles. The standard InChI is InChI=1S/C17H23NO5S/c1-3-16(13-6-4-12(2)5-7-13)24(22,23)18-9-8-14(17(20)21)10-15(18)11-19/h3-7,14-16,19H,1,8-11H2,2H3,(H,20,21). The SMILES string of the molecule is C=CC(c1ccc(C)cc1)S(=O)(=O)N1CCC(C(=O)O)CC1CO.